The number of aliphatic hydroxyl groups is 1. The van der Waals surface area contributed by atoms with Gasteiger partial charge in [-0.2, -0.15) is 0 Å². The number of piperidine rings is 1. The number of likely N-dealkylation sites (tertiary alicyclic amines) is 1. The summed E-state index contributed by atoms with van der Waals surface area (Å²) in [6.45, 7) is 5.39. The number of amides is 1. The minimum Gasteiger partial charge on any atom is -0.396 e. The highest BCUT2D eigenvalue weighted by Gasteiger charge is 2.37. The first kappa shape index (κ1) is 14.8. The van der Waals surface area contributed by atoms with E-state index in [1.54, 1.807) is 0 Å². The quantitative estimate of drug-likeness (QED) is 0.847. The van der Waals surface area contributed by atoms with Crippen LogP contribution in [0.15, 0.2) is 0 Å². The van der Waals surface area contributed by atoms with E-state index in [9.17, 15) is 9.90 Å². The zero-order valence-electron chi connectivity index (χ0n) is 12.1. The van der Waals surface area contributed by atoms with Gasteiger partial charge in [-0.25, -0.2) is 0 Å². The van der Waals surface area contributed by atoms with Gasteiger partial charge in [0, 0.05) is 37.6 Å². The Hall–Kier alpha value is -0.610. The first-order valence-corrected chi connectivity index (χ1v) is 7.68. The first-order chi connectivity index (χ1) is 9.21. The lowest BCUT2D eigenvalue weighted by molar-refractivity contribution is -0.143. The Kier molecular flexibility index (Phi) is 5.22. The van der Waals surface area contributed by atoms with Crippen molar-refractivity contribution in [3.8, 4) is 0 Å². The van der Waals surface area contributed by atoms with Crippen molar-refractivity contribution in [3.63, 3.8) is 0 Å². The van der Waals surface area contributed by atoms with Gasteiger partial charge in [0.1, 0.15) is 0 Å². The number of ether oxygens (including phenoxy) is 1. The number of carbonyl (C=O) groups excluding carboxylic acids is 1. The molecule has 2 saturated heterocycles. The Labute approximate surface area is 116 Å². The number of aliphatic hydroxyl groups excluding tert-OH is 1. The van der Waals surface area contributed by atoms with Gasteiger partial charge < -0.3 is 14.7 Å². The van der Waals surface area contributed by atoms with Crippen molar-refractivity contribution in [2.24, 2.45) is 11.3 Å². The monoisotopic (exact) mass is 269 g/mol. The van der Waals surface area contributed by atoms with Crippen molar-refractivity contribution in [2.75, 3.05) is 32.9 Å². The summed E-state index contributed by atoms with van der Waals surface area (Å²) in [7, 11) is 0. The molecule has 2 heterocycles. The number of nitrogens with zero attached hydrogens (tertiary/aromatic N) is 1. The summed E-state index contributed by atoms with van der Waals surface area (Å²) in [5, 5.41) is 9.72. The maximum atomic E-state index is 12.5. The van der Waals surface area contributed by atoms with Crippen LogP contribution in [0.3, 0.4) is 0 Å². The predicted molar refractivity (Wildman–Crippen MR) is 73.8 cm³/mol. The van der Waals surface area contributed by atoms with E-state index < -0.39 is 0 Å². The van der Waals surface area contributed by atoms with Crippen LogP contribution in [0.4, 0.5) is 0 Å². The topological polar surface area (TPSA) is 49.8 Å². The Balaban J connectivity index is 1.97. The molecule has 110 valence electrons. The van der Waals surface area contributed by atoms with E-state index in [2.05, 4.69) is 6.92 Å². The molecule has 0 aliphatic carbocycles. The highest BCUT2D eigenvalue weighted by atomic mass is 16.5. The molecule has 0 bridgehead atoms. The minimum absolute atomic E-state index is 0.0478. The molecule has 2 fully saturated rings. The van der Waals surface area contributed by atoms with E-state index in [1.807, 2.05) is 4.90 Å². The van der Waals surface area contributed by atoms with Crippen molar-refractivity contribution < 1.29 is 14.6 Å². The Morgan fingerprint density at radius 1 is 1.42 bits per heavy atom. The second-order valence-electron chi connectivity index (χ2n) is 6.16. The Bertz CT molecular complexity index is 298. The van der Waals surface area contributed by atoms with Crippen LogP contribution in [-0.4, -0.2) is 48.8 Å². The van der Waals surface area contributed by atoms with Gasteiger partial charge in [-0.3, -0.25) is 4.79 Å². The van der Waals surface area contributed by atoms with Crippen LogP contribution in [0, 0.1) is 11.3 Å². The molecule has 0 radical (unpaired) electrons. The van der Waals surface area contributed by atoms with Gasteiger partial charge in [0.25, 0.3) is 0 Å². The summed E-state index contributed by atoms with van der Waals surface area (Å²) in [5.74, 6) is 0.432. The number of hydrogen-bond donors (Lipinski definition) is 1. The Morgan fingerprint density at radius 2 is 2.16 bits per heavy atom. The maximum absolute atomic E-state index is 12.5. The molecular formula is C15H27NO3. The van der Waals surface area contributed by atoms with Crippen molar-refractivity contribution in [1.82, 2.24) is 4.90 Å². The second-order valence-corrected chi connectivity index (χ2v) is 6.16. The first-order valence-electron chi connectivity index (χ1n) is 7.68. The smallest absolute Gasteiger partial charge is 0.225 e. The van der Waals surface area contributed by atoms with Crippen molar-refractivity contribution in [2.45, 2.75) is 45.4 Å². The van der Waals surface area contributed by atoms with E-state index in [4.69, 9.17) is 4.74 Å². The maximum Gasteiger partial charge on any atom is 0.225 e. The lowest BCUT2D eigenvalue weighted by atomic mass is 9.76. The molecule has 2 aliphatic rings. The molecular weight excluding hydrogens is 242 g/mol. The van der Waals surface area contributed by atoms with E-state index in [-0.39, 0.29) is 23.8 Å². The fourth-order valence-electron chi connectivity index (χ4n) is 3.54. The normalized spacial score (nSPS) is 29.5. The van der Waals surface area contributed by atoms with E-state index in [0.717, 1.165) is 51.6 Å². The largest absolute Gasteiger partial charge is 0.396 e. The zero-order valence-corrected chi connectivity index (χ0v) is 12.1. The van der Waals surface area contributed by atoms with Crippen LogP contribution in [-0.2, 0) is 9.53 Å². The van der Waals surface area contributed by atoms with Gasteiger partial charge >= 0.3 is 0 Å². The van der Waals surface area contributed by atoms with Crippen LogP contribution in [0.1, 0.15) is 45.4 Å². The number of rotatable bonds is 4. The molecule has 1 N–H and O–H groups in total. The fraction of sp³-hybridized carbons (Fsp3) is 0.933. The Morgan fingerprint density at radius 3 is 2.79 bits per heavy atom. The van der Waals surface area contributed by atoms with Crippen LogP contribution in [0.2, 0.25) is 0 Å². The molecule has 0 aromatic carbocycles. The molecule has 2 rings (SSSR count). The molecule has 4 heteroatoms. The zero-order chi connectivity index (χ0) is 13.7. The summed E-state index contributed by atoms with van der Waals surface area (Å²) >= 11 is 0. The lowest BCUT2D eigenvalue weighted by Crippen LogP contribution is -2.50. The van der Waals surface area contributed by atoms with Crippen LogP contribution in [0.5, 0.6) is 0 Å². The van der Waals surface area contributed by atoms with Gasteiger partial charge in [0.15, 0.2) is 0 Å². The second kappa shape index (κ2) is 6.71. The van der Waals surface area contributed by atoms with Gasteiger partial charge in [0.05, 0.1) is 6.61 Å². The van der Waals surface area contributed by atoms with Crippen LogP contribution < -0.4 is 0 Å². The average molecular weight is 269 g/mol. The van der Waals surface area contributed by atoms with E-state index in [1.165, 1.54) is 0 Å². The molecule has 1 amide bonds. The summed E-state index contributed by atoms with van der Waals surface area (Å²) in [6.07, 6.45) is 5.87. The molecule has 0 aromatic rings. The molecule has 0 aromatic heterocycles. The molecule has 0 saturated carbocycles. The molecule has 0 spiro atoms. The third-order valence-corrected chi connectivity index (χ3v) is 4.66. The third-order valence-electron chi connectivity index (χ3n) is 4.66. The third kappa shape index (κ3) is 3.48. The average Bonchev–Trinajstić information content (AvgIpc) is 2.48. The van der Waals surface area contributed by atoms with E-state index in [0.29, 0.717) is 13.2 Å². The standard InChI is InChI=1S/C15H27NO3/c1-2-6-15(12-17)7-3-8-16(11-15)14(18)13-4-9-19-10-5-13/h13,17H,2-12H2,1H3/t15-/m0/s1. The van der Waals surface area contributed by atoms with Crippen LogP contribution in [0.25, 0.3) is 0 Å². The highest BCUT2D eigenvalue weighted by molar-refractivity contribution is 5.79. The minimum atomic E-state index is -0.0478. The predicted octanol–water partition coefficient (Wildman–Crippen LogP) is 1.81. The molecule has 19 heavy (non-hydrogen) atoms. The van der Waals surface area contributed by atoms with Gasteiger partial charge in [-0.1, -0.05) is 13.3 Å². The highest BCUT2D eigenvalue weighted by Crippen LogP contribution is 2.35. The summed E-state index contributed by atoms with van der Waals surface area (Å²) < 4.78 is 5.33. The molecule has 4 nitrogen and oxygen atoms in total. The van der Waals surface area contributed by atoms with Crippen molar-refractivity contribution in [3.05, 3.63) is 0 Å². The summed E-state index contributed by atoms with van der Waals surface area (Å²) in [5.41, 5.74) is -0.0478. The SMILES string of the molecule is CCC[C@]1(CO)CCCN(C(=O)C2CCOCC2)C1. The van der Waals surface area contributed by atoms with Gasteiger partial charge in [-0.15, -0.1) is 0 Å². The molecule has 1 atom stereocenters. The summed E-state index contributed by atoms with van der Waals surface area (Å²) in [6, 6.07) is 0. The molecule has 2 aliphatic heterocycles. The summed E-state index contributed by atoms with van der Waals surface area (Å²) in [4.78, 5) is 14.6. The number of hydrogen-bond acceptors (Lipinski definition) is 3. The van der Waals surface area contributed by atoms with Crippen molar-refractivity contribution >= 4 is 5.91 Å². The van der Waals surface area contributed by atoms with E-state index >= 15 is 0 Å². The van der Waals surface area contributed by atoms with Crippen LogP contribution >= 0.6 is 0 Å². The lowest BCUT2D eigenvalue weighted by Gasteiger charge is -2.43. The number of carbonyl (C=O) groups is 1. The molecule has 0 unspecified atom stereocenters. The van der Waals surface area contributed by atoms with Gasteiger partial charge in [0.2, 0.25) is 5.91 Å². The van der Waals surface area contributed by atoms with Gasteiger partial charge in [-0.05, 0) is 32.1 Å². The fourth-order valence-corrected chi connectivity index (χ4v) is 3.54. The van der Waals surface area contributed by atoms with Crippen molar-refractivity contribution in [1.29, 1.82) is 0 Å².